The molecule has 0 aliphatic rings. The van der Waals surface area contributed by atoms with Crippen LogP contribution in [0.5, 0.6) is 0 Å². The van der Waals surface area contributed by atoms with Gasteiger partial charge in [-0.05, 0) is 72.1 Å². The number of rotatable bonds is 19. The molecule has 0 aromatic carbocycles. The summed E-state index contributed by atoms with van der Waals surface area (Å²) in [5.74, 6) is 1.14. The van der Waals surface area contributed by atoms with Gasteiger partial charge in [0.2, 0.25) is 0 Å². The van der Waals surface area contributed by atoms with Crippen LogP contribution >= 0.6 is 0 Å². The van der Waals surface area contributed by atoms with E-state index in [1.165, 1.54) is 0 Å². The van der Waals surface area contributed by atoms with Gasteiger partial charge in [0, 0.05) is 18.6 Å². The normalized spacial score (nSPS) is 17.7. The van der Waals surface area contributed by atoms with Crippen LogP contribution in [0.1, 0.15) is 101 Å². The van der Waals surface area contributed by atoms with Crippen molar-refractivity contribution in [2.45, 2.75) is 124 Å². The van der Waals surface area contributed by atoms with Gasteiger partial charge in [-0.3, -0.25) is 14.5 Å². The highest BCUT2D eigenvalue weighted by molar-refractivity contribution is 4.89. The molecule has 0 aromatic rings. The Morgan fingerprint density at radius 2 is 1.43 bits per heavy atom. The van der Waals surface area contributed by atoms with Gasteiger partial charge >= 0.3 is 0 Å². The Balaban J connectivity index is 4.60. The summed E-state index contributed by atoms with van der Waals surface area (Å²) in [4.78, 5) is 17.6. The van der Waals surface area contributed by atoms with Crippen molar-refractivity contribution in [3.05, 3.63) is 6.92 Å². The first kappa shape index (κ1) is 29.8. The minimum absolute atomic E-state index is 0.180. The quantitative estimate of drug-likeness (QED) is 0.190. The highest BCUT2D eigenvalue weighted by atomic mass is 16.7. The summed E-state index contributed by atoms with van der Waals surface area (Å²) < 4.78 is 0. The van der Waals surface area contributed by atoms with E-state index in [4.69, 9.17) is 14.5 Å². The molecule has 6 nitrogen and oxygen atoms in total. The van der Waals surface area contributed by atoms with Gasteiger partial charge in [0.05, 0.1) is 17.8 Å². The summed E-state index contributed by atoms with van der Waals surface area (Å²) in [5.41, 5.74) is 8.82. The maximum atomic E-state index is 6.05. The maximum Gasteiger partial charge on any atom is 0.0841 e. The number of hydrogen-bond acceptors (Lipinski definition) is 6. The van der Waals surface area contributed by atoms with Gasteiger partial charge in [-0.1, -0.05) is 47.5 Å². The van der Waals surface area contributed by atoms with Crippen molar-refractivity contribution >= 4 is 0 Å². The summed E-state index contributed by atoms with van der Waals surface area (Å²) >= 11 is 0. The highest BCUT2D eigenvalue weighted by Gasteiger charge is 2.28. The zero-order valence-electron chi connectivity index (χ0n) is 21.4. The number of hydrogen-bond donors (Lipinski definition) is 3. The molecule has 0 spiro atoms. The molecule has 0 aliphatic carbocycles. The monoisotopic (exact) mass is 430 g/mol. The topological polar surface area (TPSA) is 63.8 Å². The van der Waals surface area contributed by atoms with Crippen molar-refractivity contribution in [3.63, 3.8) is 0 Å². The first-order valence-electron chi connectivity index (χ1n) is 12.0. The van der Waals surface area contributed by atoms with Gasteiger partial charge in [-0.15, -0.1) is 0 Å². The molecular formula is C24H52N3O3. The third-order valence-electron chi connectivity index (χ3n) is 5.61. The fourth-order valence-electron chi connectivity index (χ4n) is 3.26. The Hall–Kier alpha value is -0.240. The summed E-state index contributed by atoms with van der Waals surface area (Å²) in [5, 5.41) is 0. The van der Waals surface area contributed by atoms with Crippen LogP contribution < -0.4 is 16.4 Å². The van der Waals surface area contributed by atoms with Crippen LogP contribution in [-0.2, 0) is 14.5 Å². The van der Waals surface area contributed by atoms with E-state index in [1.54, 1.807) is 0 Å². The van der Waals surface area contributed by atoms with Crippen LogP contribution in [0.3, 0.4) is 0 Å². The Labute approximate surface area is 187 Å². The zero-order valence-corrected chi connectivity index (χ0v) is 21.4. The smallest absolute Gasteiger partial charge is 0.0841 e. The van der Waals surface area contributed by atoms with Crippen molar-refractivity contribution in [1.82, 2.24) is 16.4 Å². The van der Waals surface area contributed by atoms with Crippen molar-refractivity contribution in [1.29, 1.82) is 0 Å². The number of nitrogens with one attached hydrogen (secondary N) is 3. The van der Waals surface area contributed by atoms with Gasteiger partial charge in [0.25, 0.3) is 0 Å². The molecule has 0 aliphatic heterocycles. The van der Waals surface area contributed by atoms with E-state index in [0.717, 1.165) is 38.5 Å². The van der Waals surface area contributed by atoms with Crippen LogP contribution in [0.4, 0.5) is 0 Å². The van der Waals surface area contributed by atoms with Gasteiger partial charge in [-0.2, -0.15) is 5.48 Å². The predicted octanol–water partition coefficient (Wildman–Crippen LogP) is 5.35. The van der Waals surface area contributed by atoms with Crippen LogP contribution in [-0.4, -0.2) is 36.4 Å². The molecule has 4 atom stereocenters. The largest absolute Gasteiger partial charge is 0.299 e. The summed E-state index contributed by atoms with van der Waals surface area (Å²) in [6.45, 7) is 25.2. The van der Waals surface area contributed by atoms with Gasteiger partial charge < -0.3 is 0 Å². The van der Waals surface area contributed by atoms with Crippen LogP contribution in [0.2, 0.25) is 0 Å². The highest BCUT2D eigenvalue weighted by Crippen LogP contribution is 2.20. The lowest BCUT2D eigenvalue weighted by Crippen LogP contribution is -2.50. The fourth-order valence-corrected chi connectivity index (χ4v) is 3.26. The molecule has 0 heterocycles. The molecule has 3 N–H and O–H groups in total. The molecule has 4 unspecified atom stereocenters. The lowest BCUT2D eigenvalue weighted by molar-refractivity contribution is -0.124. The number of hydroxylamine groups is 3. The predicted molar refractivity (Wildman–Crippen MR) is 127 cm³/mol. The second-order valence-electron chi connectivity index (χ2n) is 10.0. The van der Waals surface area contributed by atoms with Gasteiger partial charge in [0.1, 0.15) is 0 Å². The lowest BCUT2D eigenvalue weighted by Gasteiger charge is -2.35. The molecule has 6 heteroatoms. The molecule has 181 valence electrons. The fraction of sp³-hybridized carbons (Fsp3) is 0.958. The molecule has 0 bridgehead atoms. The first-order valence-corrected chi connectivity index (χ1v) is 12.0. The van der Waals surface area contributed by atoms with Crippen molar-refractivity contribution in [2.75, 3.05) is 13.1 Å². The van der Waals surface area contributed by atoms with E-state index >= 15 is 0 Å². The zero-order chi connectivity index (χ0) is 23.2. The summed E-state index contributed by atoms with van der Waals surface area (Å²) in [6, 6.07) is 0. The van der Waals surface area contributed by atoms with E-state index in [9.17, 15) is 0 Å². The van der Waals surface area contributed by atoms with E-state index in [2.05, 4.69) is 85.7 Å². The average Bonchev–Trinajstić information content (AvgIpc) is 2.66. The van der Waals surface area contributed by atoms with Crippen molar-refractivity contribution < 1.29 is 14.5 Å². The second-order valence-corrected chi connectivity index (χ2v) is 10.0. The van der Waals surface area contributed by atoms with E-state index in [0.29, 0.717) is 24.9 Å². The summed E-state index contributed by atoms with van der Waals surface area (Å²) in [6.07, 6.45) is 6.10. The molecule has 1 radical (unpaired) electrons. The van der Waals surface area contributed by atoms with Crippen LogP contribution in [0.25, 0.3) is 0 Å². The SMILES string of the molecule is [CH2]C(CCNOC(C)CC(C)C)(CCNOC(C)C(C)CC)NOC(C)(C)CCC. The second kappa shape index (κ2) is 15.5. The maximum absolute atomic E-state index is 6.05. The Bertz CT molecular complexity index is 421. The molecular weight excluding hydrogens is 378 g/mol. The van der Waals surface area contributed by atoms with Gasteiger partial charge in [0.15, 0.2) is 0 Å². The molecule has 0 saturated heterocycles. The van der Waals surface area contributed by atoms with E-state index < -0.39 is 5.54 Å². The third-order valence-corrected chi connectivity index (χ3v) is 5.61. The molecule has 30 heavy (non-hydrogen) atoms. The van der Waals surface area contributed by atoms with Crippen molar-refractivity contribution in [3.8, 4) is 0 Å². The molecule has 0 saturated carbocycles. The van der Waals surface area contributed by atoms with Crippen LogP contribution in [0.15, 0.2) is 0 Å². The molecule has 0 fully saturated rings. The molecule has 0 amide bonds. The van der Waals surface area contributed by atoms with E-state index in [-0.39, 0.29) is 17.8 Å². The minimum atomic E-state index is -0.446. The molecule has 0 rings (SSSR count). The average molecular weight is 431 g/mol. The Morgan fingerprint density at radius 3 is 1.93 bits per heavy atom. The van der Waals surface area contributed by atoms with Crippen molar-refractivity contribution in [2.24, 2.45) is 11.8 Å². The Kier molecular flexibility index (Phi) is 15.4. The lowest BCUT2D eigenvalue weighted by atomic mass is 9.94. The minimum Gasteiger partial charge on any atom is -0.299 e. The third kappa shape index (κ3) is 14.7. The van der Waals surface area contributed by atoms with E-state index in [1.807, 2.05) is 0 Å². The molecule has 0 aromatic heterocycles. The standard InChI is InChI=1S/C24H52N3O3/c1-11-13-23(8,9)30-27-24(10,14-16-25-28-21(6)18-19(3)4)15-17-26-29-22(7)20(5)12-2/h19-22,25-27H,10-18H2,1-9H3. The summed E-state index contributed by atoms with van der Waals surface area (Å²) in [7, 11) is 0. The van der Waals surface area contributed by atoms with Gasteiger partial charge in [-0.25, -0.2) is 11.0 Å². The van der Waals surface area contributed by atoms with Crippen LogP contribution in [0, 0.1) is 18.8 Å². The first-order chi connectivity index (χ1) is 13.9. The Morgan fingerprint density at radius 1 is 0.867 bits per heavy atom.